The molecule has 3 rings (SSSR count). The number of hydrogen-bond donors (Lipinski definition) is 1. The molecule has 1 aromatic carbocycles. The van der Waals surface area contributed by atoms with Gasteiger partial charge in [0.15, 0.2) is 6.61 Å². The predicted octanol–water partition coefficient (Wildman–Crippen LogP) is 4.63. The molecule has 170 valence electrons. The number of carbonyl (C=O) groups excluding carboxylic acids is 2. The third kappa shape index (κ3) is 6.07. The highest BCUT2D eigenvalue weighted by molar-refractivity contribution is 7.99. The normalized spacial score (nSPS) is 10.8. The molecule has 32 heavy (non-hydrogen) atoms. The van der Waals surface area contributed by atoms with Crippen LogP contribution in [0.15, 0.2) is 33.9 Å². The highest BCUT2D eigenvalue weighted by Crippen LogP contribution is 2.34. The molecule has 0 radical (unpaired) electrons. The van der Waals surface area contributed by atoms with Gasteiger partial charge in [0, 0.05) is 4.88 Å². The maximum absolute atomic E-state index is 12.9. The quantitative estimate of drug-likeness (QED) is 0.332. The first-order chi connectivity index (χ1) is 15.4. The molecule has 8 nitrogen and oxygen atoms in total. The van der Waals surface area contributed by atoms with E-state index in [0.717, 1.165) is 22.2 Å². The second-order valence-electron chi connectivity index (χ2n) is 6.46. The zero-order valence-corrected chi connectivity index (χ0v) is 19.4. The molecule has 0 aliphatic carbocycles. The topological polar surface area (TPSA) is 104 Å². The summed E-state index contributed by atoms with van der Waals surface area (Å²) in [5.41, 5.74) is 1.28. The zero-order chi connectivity index (χ0) is 23.1. The smallest absolute Gasteiger partial charge is 0.341 e. The Balaban J connectivity index is 1.55. The van der Waals surface area contributed by atoms with E-state index >= 15 is 0 Å². The Labute approximate surface area is 192 Å². The lowest BCUT2D eigenvalue weighted by atomic mass is 10.1. The van der Waals surface area contributed by atoms with E-state index in [1.807, 2.05) is 13.8 Å². The highest BCUT2D eigenvalue weighted by Gasteiger charge is 2.23. The van der Waals surface area contributed by atoms with E-state index in [-0.39, 0.29) is 41.8 Å². The molecule has 0 saturated carbocycles. The Hall–Kier alpha value is -2.92. The maximum atomic E-state index is 12.9. The molecular weight excluding hydrogens is 457 g/mol. The highest BCUT2D eigenvalue weighted by atomic mass is 32.2. The number of halogens is 1. The summed E-state index contributed by atoms with van der Waals surface area (Å²) in [6.45, 7) is 5.87. The number of nitrogens with one attached hydrogen (secondary N) is 1. The fourth-order valence-corrected chi connectivity index (χ4v) is 4.56. The first-order valence-corrected chi connectivity index (χ1v) is 11.6. The second kappa shape index (κ2) is 11.1. The van der Waals surface area contributed by atoms with E-state index in [1.54, 1.807) is 6.92 Å². The van der Waals surface area contributed by atoms with Gasteiger partial charge in [0.2, 0.25) is 5.91 Å². The molecule has 1 amide bonds. The number of thioether (sulfide) groups is 1. The Morgan fingerprint density at radius 3 is 2.66 bits per heavy atom. The summed E-state index contributed by atoms with van der Waals surface area (Å²) < 4.78 is 29.0. The molecule has 2 aromatic heterocycles. The minimum absolute atomic E-state index is 0.0150. The molecule has 0 bridgehead atoms. The van der Waals surface area contributed by atoms with Crippen molar-refractivity contribution in [1.29, 1.82) is 0 Å². The number of rotatable bonds is 10. The Bertz CT molecular complexity index is 1080. The second-order valence-corrected chi connectivity index (χ2v) is 8.61. The number of thiophene rings is 1. The first-order valence-electron chi connectivity index (χ1n) is 9.84. The molecule has 0 atom stereocenters. The molecule has 0 unspecified atom stereocenters. The van der Waals surface area contributed by atoms with E-state index in [4.69, 9.17) is 13.9 Å². The Kier molecular flexibility index (Phi) is 8.23. The number of ether oxygens (including phenoxy) is 2. The van der Waals surface area contributed by atoms with Gasteiger partial charge >= 0.3 is 5.97 Å². The summed E-state index contributed by atoms with van der Waals surface area (Å²) in [5, 5.41) is 11.2. The first kappa shape index (κ1) is 23.7. The molecule has 0 fully saturated rings. The number of esters is 1. The lowest BCUT2D eigenvalue weighted by molar-refractivity contribution is -0.113. The monoisotopic (exact) mass is 479 g/mol. The Morgan fingerprint density at radius 2 is 1.97 bits per heavy atom. The van der Waals surface area contributed by atoms with Gasteiger partial charge in [-0.2, -0.15) is 0 Å². The summed E-state index contributed by atoms with van der Waals surface area (Å²) in [6.07, 6.45) is 0.659. The molecule has 0 aliphatic rings. The van der Waals surface area contributed by atoms with E-state index in [2.05, 4.69) is 15.5 Å². The van der Waals surface area contributed by atoms with E-state index in [9.17, 15) is 14.0 Å². The summed E-state index contributed by atoms with van der Waals surface area (Å²) >= 11 is 2.41. The molecule has 11 heteroatoms. The lowest BCUT2D eigenvalue weighted by Crippen LogP contribution is -2.16. The van der Waals surface area contributed by atoms with Crippen LogP contribution in [-0.4, -0.2) is 34.4 Å². The average molecular weight is 480 g/mol. The van der Waals surface area contributed by atoms with Gasteiger partial charge in [-0.15, -0.1) is 21.5 Å². The number of aryl methyl sites for hydroxylation is 1. The third-order valence-corrected chi connectivity index (χ3v) is 6.13. The van der Waals surface area contributed by atoms with Gasteiger partial charge in [-0.3, -0.25) is 4.79 Å². The van der Waals surface area contributed by atoms with Crippen molar-refractivity contribution in [2.24, 2.45) is 0 Å². The number of hydrogen-bond acceptors (Lipinski definition) is 9. The predicted molar refractivity (Wildman–Crippen MR) is 119 cm³/mol. The van der Waals surface area contributed by atoms with Crippen LogP contribution in [0.4, 0.5) is 9.39 Å². The summed E-state index contributed by atoms with van der Waals surface area (Å²) in [4.78, 5) is 25.8. The Morgan fingerprint density at radius 1 is 1.22 bits per heavy atom. The minimum Gasteiger partial charge on any atom is -0.484 e. The van der Waals surface area contributed by atoms with E-state index < -0.39 is 5.97 Å². The van der Waals surface area contributed by atoms with Crippen LogP contribution in [-0.2, 0) is 22.6 Å². The molecule has 0 saturated heterocycles. The van der Waals surface area contributed by atoms with Crippen LogP contribution >= 0.6 is 23.1 Å². The minimum atomic E-state index is -0.445. The van der Waals surface area contributed by atoms with Crippen molar-refractivity contribution < 1.29 is 27.9 Å². The van der Waals surface area contributed by atoms with Crippen LogP contribution in [0, 0.1) is 12.7 Å². The molecular formula is C21H22FN3O5S2. The average Bonchev–Trinajstić information content (AvgIpc) is 3.35. The number of amides is 1. The molecule has 2 heterocycles. The number of anilines is 1. The van der Waals surface area contributed by atoms with Crippen LogP contribution < -0.4 is 10.1 Å². The van der Waals surface area contributed by atoms with Crippen LogP contribution in [0.2, 0.25) is 0 Å². The van der Waals surface area contributed by atoms with Crippen molar-refractivity contribution in [3.63, 3.8) is 0 Å². The van der Waals surface area contributed by atoms with E-state index in [1.165, 1.54) is 35.6 Å². The van der Waals surface area contributed by atoms with Gasteiger partial charge < -0.3 is 19.2 Å². The van der Waals surface area contributed by atoms with Gasteiger partial charge in [0.1, 0.15) is 16.6 Å². The van der Waals surface area contributed by atoms with Crippen LogP contribution in [0.3, 0.4) is 0 Å². The third-order valence-electron chi connectivity index (χ3n) is 4.25. The molecule has 0 aliphatic heterocycles. The number of carbonyl (C=O) groups is 2. The van der Waals surface area contributed by atoms with Crippen LogP contribution in [0.1, 0.15) is 40.5 Å². The van der Waals surface area contributed by atoms with Gasteiger partial charge in [0.25, 0.3) is 11.1 Å². The summed E-state index contributed by atoms with van der Waals surface area (Å²) in [6, 6.07) is 5.56. The maximum Gasteiger partial charge on any atom is 0.341 e. The summed E-state index contributed by atoms with van der Waals surface area (Å²) in [7, 11) is 0. The van der Waals surface area contributed by atoms with Gasteiger partial charge in [-0.25, -0.2) is 9.18 Å². The fourth-order valence-electron chi connectivity index (χ4n) is 2.83. The summed E-state index contributed by atoms with van der Waals surface area (Å²) in [5.74, 6) is -0.408. The van der Waals surface area contributed by atoms with Crippen molar-refractivity contribution in [2.45, 2.75) is 39.0 Å². The fraction of sp³-hybridized carbons (Fsp3) is 0.333. The van der Waals surface area contributed by atoms with Crippen LogP contribution in [0.25, 0.3) is 0 Å². The molecule has 0 spiro atoms. The van der Waals surface area contributed by atoms with Crippen molar-refractivity contribution in [3.8, 4) is 5.75 Å². The standard InChI is InChI=1S/C21H22FN3O5S2/c1-4-15-12(3)32-19(18(15)20(27)28-5-2)23-16(26)11-31-21-25-24-17(30-21)10-29-14-8-6-13(22)7-9-14/h6-9H,4-5,10-11H2,1-3H3,(H,23,26). The zero-order valence-electron chi connectivity index (χ0n) is 17.8. The van der Waals surface area contributed by atoms with Crippen molar-refractivity contribution in [3.05, 3.63) is 52.0 Å². The molecule has 1 N–H and O–H groups in total. The van der Waals surface area contributed by atoms with Crippen molar-refractivity contribution in [1.82, 2.24) is 10.2 Å². The number of benzene rings is 1. The van der Waals surface area contributed by atoms with Crippen molar-refractivity contribution >= 4 is 40.0 Å². The number of aromatic nitrogens is 2. The van der Waals surface area contributed by atoms with Gasteiger partial charge in [-0.1, -0.05) is 18.7 Å². The van der Waals surface area contributed by atoms with Crippen molar-refractivity contribution in [2.75, 3.05) is 17.7 Å². The van der Waals surface area contributed by atoms with Crippen LogP contribution in [0.5, 0.6) is 5.75 Å². The van der Waals surface area contributed by atoms with Gasteiger partial charge in [-0.05, 0) is 50.1 Å². The number of nitrogens with zero attached hydrogens (tertiary/aromatic N) is 2. The SMILES string of the molecule is CCOC(=O)c1c(NC(=O)CSc2nnc(COc3ccc(F)cc3)o2)sc(C)c1CC. The van der Waals surface area contributed by atoms with Gasteiger partial charge in [0.05, 0.1) is 17.9 Å². The lowest BCUT2D eigenvalue weighted by Gasteiger charge is -2.07. The molecule has 3 aromatic rings. The largest absolute Gasteiger partial charge is 0.484 e. The van der Waals surface area contributed by atoms with E-state index in [0.29, 0.717) is 22.7 Å².